The molecule has 1 amide bonds. The molecule has 0 aliphatic carbocycles. The van der Waals surface area contributed by atoms with Crippen LogP contribution in [0.15, 0.2) is 84.1 Å². The molecule has 3 unspecified atom stereocenters. The molecule has 4 rings (SSSR count). The van der Waals surface area contributed by atoms with Crippen molar-refractivity contribution in [3.63, 3.8) is 0 Å². The summed E-state index contributed by atoms with van der Waals surface area (Å²) >= 11 is 0. The number of piperazine rings is 1. The molecule has 178 valence electrons. The molecule has 1 aromatic carbocycles. The van der Waals surface area contributed by atoms with Crippen LogP contribution in [-0.4, -0.2) is 34.3 Å². The number of amides is 1. The van der Waals surface area contributed by atoms with Gasteiger partial charge >= 0.3 is 0 Å². The van der Waals surface area contributed by atoms with E-state index in [4.69, 9.17) is 0 Å². The average Bonchev–Trinajstić information content (AvgIpc) is 3.43. The van der Waals surface area contributed by atoms with Crippen molar-refractivity contribution in [3.05, 3.63) is 101 Å². The maximum absolute atomic E-state index is 14.1. The van der Waals surface area contributed by atoms with Crippen LogP contribution in [0.25, 0.3) is 0 Å². The van der Waals surface area contributed by atoms with E-state index in [-0.39, 0.29) is 30.0 Å². The molecule has 3 aliphatic heterocycles. The number of fused-ring (bicyclic) bond motifs is 3. The van der Waals surface area contributed by atoms with Crippen molar-refractivity contribution < 1.29 is 13.6 Å². The Hall–Kier alpha value is -3.37. The summed E-state index contributed by atoms with van der Waals surface area (Å²) in [6, 6.07) is 3.90. The number of rotatable bonds is 5. The van der Waals surface area contributed by atoms with Crippen LogP contribution in [0.4, 0.5) is 8.78 Å². The zero-order valence-corrected chi connectivity index (χ0v) is 19.8. The highest BCUT2D eigenvalue weighted by atomic mass is 19.1. The quantitative estimate of drug-likeness (QED) is 0.473. The van der Waals surface area contributed by atoms with E-state index in [1.807, 2.05) is 6.92 Å². The summed E-state index contributed by atoms with van der Waals surface area (Å²) in [5.74, 6) is -1.45. The summed E-state index contributed by atoms with van der Waals surface area (Å²) < 4.78 is 27.3. The van der Waals surface area contributed by atoms with Crippen molar-refractivity contribution in [1.29, 1.82) is 0 Å². The monoisotopic (exact) mass is 463 g/mol. The zero-order chi connectivity index (χ0) is 24.6. The Morgan fingerprint density at radius 2 is 2.00 bits per heavy atom. The van der Waals surface area contributed by atoms with Crippen LogP contribution in [0.1, 0.15) is 38.7 Å². The molecule has 4 nitrogen and oxygen atoms in total. The molecule has 1 N–H and O–H groups in total. The zero-order valence-electron chi connectivity index (χ0n) is 19.8. The van der Waals surface area contributed by atoms with E-state index in [1.165, 1.54) is 12.1 Å². The van der Waals surface area contributed by atoms with E-state index in [1.54, 1.807) is 12.2 Å². The van der Waals surface area contributed by atoms with Gasteiger partial charge in [-0.2, -0.15) is 0 Å². The predicted octanol–water partition coefficient (Wildman–Crippen LogP) is 5.34. The number of nitrogens with zero attached hydrogens (tertiary/aromatic N) is 2. The number of benzene rings is 1. The Balaban J connectivity index is 1.74. The van der Waals surface area contributed by atoms with Gasteiger partial charge in [0.15, 0.2) is 0 Å². The van der Waals surface area contributed by atoms with Crippen molar-refractivity contribution in [2.75, 3.05) is 6.54 Å². The van der Waals surface area contributed by atoms with E-state index >= 15 is 0 Å². The highest BCUT2D eigenvalue weighted by Crippen LogP contribution is 2.49. The number of carbonyl (C=O) groups is 1. The topological polar surface area (TPSA) is 35.6 Å². The minimum Gasteiger partial charge on any atom is -0.358 e. The lowest BCUT2D eigenvalue weighted by Gasteiger charge is -2.47. The lowest BCUT2D eigenvalue weighted by molar-refractivity contribution is -0.117. The van der Waals surface area contributed by atoms with Crippen LogP contribution in [0, 0.1) is 17.6 Å². The van der Waals surface area contributed by atoms with Crippen LogP contribution < -0.4 is 5.32 Å². The van der Waals surface area contributed by atoms with E-state index in [9.17, 15) is 13.6 Å². The SMILES string of the molecule is C=C=C1C(=C(C=C)C=C)N2/C(=C(\C)C(=O)NCc3ccc(F)cc3F)C(C)CC2C2CCCN12. The van der Waals surface area contributed by atoms with Gasteiger partial charge in [-0.1, -0.05) is 44.9 Å². The minimum absolute atomic E-state index is 0.0190. The molecular formula is C28H31F2N3O. The predicted molar refractivity (Wildman–Crippen MR) is 130 cm³/mol. The van der Waals surface area contributed by atoms with Gasteiger partial charge in [0.25, 0.3) is 0 Å². The smallest absolute Gasteiger partial charge is 0.248 e. The maximum Gasteiger partial charge on any atom is 0.248 e. The van der Waals surface area contributed by atoms with Gasteiger partial charge in [-0.15, -0.1) is 5.73 Å². The first kappa shape index (κ1) is 23.8. The Bertz CT molecular complexity index is 1150. The molecule has 6 heteroatoms. The van der Waals surface area contributed by atoms with E-state index in [0.717, 1.165) is 54.5 Å². The summed E-state index contributed by atoms with van der Waals surface area (Å²) in [5, 5.41) is 2.81. The fourth-order valence-corrected chi connectivity index (χ4v) is 5.71. The van der Waals surface area contributed by atoms with Crippen LogP contribution >= 0.6 is 0 Å². The first-order valence-corrected chi connectivity index (χ1v) is 11.7. The van der Waals surface area contributed by atoms with Gasteiger partial charge in [0, 0.05) is 36.0 Å². The highest BCUT2D eigenvalue weighted by Gasteiger charge is 2.50. The molecule has 0 saturated carbocycles. The summed E-state index contributed by atoms with van der Waals surface area (Å²) in [6.45, 7) is 16.8. The van der Waals surface area contributed by atoms with Gasteiger partial charge in [-0.05, 0) is 43.7 Å². The van der Waals surface area contributed by atoms with Crippen LogP contribution in [0.3, 0.4) is 0 Å². The number of nitrogens with one attached hydrogen (secondary N) is 1. The maximum atomic E-state index is 14.1. The summed E-state index contributed by atoms with van der Waals surface area (Å²) in [7, 11) is 0. The molecule has 0 spiro atoms. The van der Waals surface area contributed by atoms with Crippen LogP contribution in [-0.2, 0) is 11.3 Å². The molecule has 3 saturated heterocycles. The first-order valence-electron chi connectivity index (χ1n) is 11.7. The van der Waals surface area contributed by atoms with Gasteiger partial charge in [-0.25, -0.2) is 8.78 Å². The second kappa shape index (κ2) is 9.47. The van der Waals surface area contributed by atoms with Gasteiger partial charge < -0.3 is 15.1 Å². The van der Waals surface area contributed by atoms with Gasteiger partial charge in [0.2, 0.25) is 5.91 Å². The Labute approximate surface area is 200 Å². The third-order valence-electron chi connectivity index (χ3n) is 7.21. The Morgan fingerprint density at radius 3 is 2.65 bits per heavy atom. The highest BCUT2D eigenvalue weighted by molar-refractivity contribution is 5.93. The van der Waals surface area contributed by atoms with Crippen molar-refractivity contribution >= 4 is 5.91 Å². The van der Waals surface area contributed by atoms with Crippen molar-refractivity contribution in [2.45, 2.75) is 51.7 Å². The lowest BCUT2D eigenvalue weighted by Crippen LogP contribution is -2.51. The minimum atomic E-state index is -0.676. The molecule has 0 radical (unpaired) electrons. The molecule has 3 aliphatic rings. The summed E-state index contributed by atoms with van der Waals surface area (Å²) in [6.07, 6.45) is 6.65. The van der Waals surface area contributed by atoms with Gasteiger partial charge in [-0.3, -0.25) is 4.79 Å². The largest absolute Gasteiger partial charge is 0.358 e. The number of hydrogen-bond acceptors (Lipinski definition) is 3. The fourth-order valence-electron chi connectivity index (χ4n) is 5.71. The number of hydrogen-bond donors (Lipinski definition) is 1. The Kier molecular flexibility index (Phi) is 6.63. The molecule has 3 fully saturated rings. The molecule has 34 heavy (non-hydrogen) atoms. The molecule has 0 bridgehead atoms. The standard InChI is InChI=1S/C28H31F2N3O/c1-6-19(7-2)27-23(8-3)32-13-9-10-24(32)25-14-17(4)26(33(25)27)18(5)28(34)31-16-20-11-12-21(29)15-22(20)30/h6-7,11-12,15,17,24-25H,1-3,9-10,13-14,16H2,4-5H3,(H,31,34)/b26-18+. The van der Waals surface area contributed by atoms with E-state index in [0.29, 0.717) is 11.6 Å². The lowest BCUT2D eigenvalue weighted by atomic mass is 9.95. The van der Waals surface area contributed by atoms with Gasteiger partial charge in [0.05, 0.1) is 17.8 Å². The van der Waals surface area contributed by atoms with Crippen molar-refractivity contribution in [1.82, 2.24) is 15.1 Å². The summed E-state index contributed by atoms with van der Waals surface area (Å²) in [4.78, 5) is 17.9. The van der Waals surface area contributed by atoms with E-state index in [2.05, 4.69) is 47.5 Å². The molecule has 3 heterocycles. The normalized spacial score (nSPS) is 24.9. The Morgan fingerprint density at radius 1 is 1.26 bits per heavy atom. The van der Waals surface area contributed by atoms with Crippen molar-refractivity contribution in [3.8, 4) is 0 Å². The fraction of sp³-hybridized carbons (Fsp3) is 0.357. The third kappa shape index (κ3) is 3.92. The third-order valence-corrected chi connectivity index (χ3v) is 7.21. The summed E-state index contributed by atoms with van der Waals surface area (Å²) in [5.41, 5.74) is 7.63. The number of allylic oxidation sites excluding steroid dienone is 4. The van der Waals surface area contributed by atoms with Crippen LogP contribution in [0.5, 0.6) is 0 Å². The van der Waals surface area contributed by atoms with Crippen molar-refractivity contribution in [2.24, 2.45) is 5.92 Å². The number of halogens is 2. The van der Waals surface area contributed by atoms with Gasteiger partial charge in [0.1, 0.15) is 17.3 Å². The second-order valence-corrected chi connectivity index (χ2v) is 9.14. The first-order chi connectivity index (χ1) is 16.3. The number of carbonyl (C=O) groups excluding carboxylic acids is 1. The molecular weight excluding hydrogens is 432 g/mol. The van der Waals surface area contributed by atoms with E-state index < -0.39 is 11.6 Å². The second-order valence-electron chi connectivity index (χ2n) is 9.14. The van der Waals surface area contributed by atoms with Crippen LogP contribution in [0.2, 0.25) is 0 Å². The average molecular weight is 464 g/mol. The molecule has 3 atom stereocenters. The molecule has 1 aromatic rings. The molecule has 0 aromatic heterocycles.